The van der Waals surface area contributed by atoms with E-state index in [9.17, 15) is 4.79 Å². The summed E-state index contributed by atoms with van der Waals surface area (Å²) in [5.74, 6) is 2.44. The van der Waals surface area contributed by atoms with E-state index >= 15 is 0 Å². The fourth-order valence-corrected chi connectivity index (χ4v) is 8.48. The van der Waals surface area contributed by atoms with Crippen molar-refractivity contribution in [3.8, 4) is 11.5 Å². The van der Waals surface area contributed by atoms with Crippen molar-refractivity contribution in [1.29, 1.82) is 0 Å². The first kappa shape index (κ1) is 23.0. The van der Waals surface area contributed by atoms with E-state index in [4.69, 9.17) is 14.2 Å². The molecule has 0 radical (unpaired) electrons. The molecule has 6 rings (SSSR count). The van der Waals surface area contributed by atoms with Gasteiger partial charge in [-0.3, -0.25) is 9.69 Å². The molecule has 1 aliphatic heterocycles. The molecule has 4 bridgehead atoms. The molecule has 33 heavy (non-hydrogen) atoms. The zero-order valence-electron chi connectivity index (χ0n) is 20.7. The summed E-state index contributed by atoms with van der Waals surface area (Å²) in [6.07, 6.45) is 7.07. The van der Waals surface area contributed by atoms with Crippen LogP contribution in [0.4, 0.5) is 0 Å². The molecule has 4 aliphatic carbocycles. The first-order valence-corrected chi connectivity index (χ1v) is 12.6. The molecule has 5 aliphatic rings. The predicted molar refractivity (Wildman–Crippen MR) is 128 cm³/mol. The molecule has 1 N–H and O–H groups in total. The number of hydrogen-bond acceptors (Lipinski definition) is 5. The Hall–Kier alpha value is -1.79. The molecule has 1 aromatic carbocycles. The molecule has 1 amide bonds. The van der Waals surface area contributed by atoms with E-state index in [0.29, 0.717) is 23.3 Å². The van der Waals surface area contributed by atoms with E-state index in [1.165, 1.54) is 19.3 Å². The van der Waals surface area contributed by atoms with E-state index in [2.05, 4.69) is 36.2 Å². The number of nitrogens with zero attached hydrogens (tertiary/aromatic N) is 1. The van der Waals surface area contributed by atoms with Crippen molar-refractivity contribution in [1.82, 2.24) is 10.2 Å². The number of carbonyl (C=O) groups is 1. The summed E-state index contributed by atoms with van der Waals surface area (Å²) in [6.45, 7) is 8.63. The molecule has 1 saturated heterocycles. The summed E-state index contributed by atoms with van der Waals surface area (Å²) >= 11 is 0. The van der Waals surface area contributed by atoms with Gasteiger partial charge in [0.15, 0.2) is 11.5 Å². The Labute approximate surface area is 198 Å². The highest BCUT2D eigenvalue weighted by atomic mass is 16.5. The molecule has 4 saturated carbocycles. The first-order valence-electron chi connectivity index (χ1n) is 12.6. The third-order valence-corrected chi connectivity index (χ3v) is 8.84. The zero-order chi connectivity index (χ0) is 23.3. The summed E-state index contributed by atoms with van der Waals surface area (Å²) in [7, 11) is 3.32. The second-order valence-corrected chi connectivity index (χ2v) is 11.9. The lowest BCUT2D eigenvalue weighted by molar-refractivity contribution is -0.170. The Balaban J connectivity index is 1.36. The molecule has 6 heteroatoms. The number of ether oxygens (including phenoxy) is 3. The molecule has 182 valence electrons. The van der Waals surface area contributed by atoms with E-state index < -0.39 is 0 Å². The van der Waals surface area contributed by atoms with Crippen LogP contribution in [0.3, 0.4) is 0 Å². The maximum absolute atomic E-state index is 13.8. The number of hydrogen-bond donors (Lipinski definition) is 1. The van der Waals surface area contributed by atoms with Crippen LogP contribution in [-0.4, -0.2) is 57.9 Å². The first-order chi connectivity index (χ1) is 15.8. The molecular weight excluding hydrogens is 416 g/mol. The Kier molecular flexibility index (Phi) is 5.89. The maximum atomic E-state index is 13.8. The second-order valence-electron chi connectivity index (χ2n) is 11.9. The molecule has 6 nitrogen and oxygen atoms in total. The smallest absolute Gasteiger partial charge is 0.226 e. The van der Waals surface area contributed by atoms with Crippen molar-refractivity contribution in [3.05, 3.63) is 23.8 Å². The maximum Gasteiger partial charge on any atom is 0.226 e. The topological polar surface area (TPSA) is 60.0 Å². The van der Waals surface area contributed by atoms with Crippen LogP contribution in [0.2, 0.25) is 0 Å². The van der Waals surface area contributed by atoms with E-state index in [-0.39, 0.29) is 17.4 Å². The molecule has 5 fully saturated rings. The van der Waals surface area contributed by atoms with Gasteiger partial charge in [0, 0.05) is 19.6 Å². The SMILES string of the molecule is COc1ccc(C(CNC(=O)C23CC4CC(C)(CC(C)(C4)C2)C3)N2CCOCC2)cc1OC. The predicted octanol–water partition coefficient (Wildman–Crippen LogP) is 4.19. The number of methoxy groups -OCH3 is 2. The van der Waals surface area contributed by atoms with Crippen LogP contribution in [0.1, 0.15) is 64.0 Å². The van der Waals surface area contributed by atoms with Gasteiger partial charge < -0.3 is 19.5 Å². The molecule has 0 spiro atoms. The van der Waals surface area contributed by atoms with Gasteiger partial charge in [-0.2, -0.15) is 0 Å². The van der Waals surface area contributed by atoms with Crippen LogP contribution < -0.4 is 14.8 Å². The van der Waals surface area contributed by atoms with Gasteiger partial charge in [-0.15, -0.1) is 0 Å². The fraction of sp³-hybridized carbons (Fsp3) is 0.741. The summed E-state index contributed by atoms with van der Waals surface area (Å²) < 4.78 is 16.6. The number of morpholine rings is 1. The standard InChI is InChI=1S/C27H40N2O4/c1-25-12-19-13-26(2,16-25)18-27(14-19,17-25)24(30)28-15-21(29-7-9-33-10-8-29)20-5-6-22(31-3)23(11-20)32-4/h5-6,11,19,21H,7-10,12-18H2,1-4H3,(H,28,30). The van der Waals surface area contributed by atoms with Gasteiger partial charge in [0.1, 0.15) is 0 Å². The quantitative estimate of drug-likeness (QED) is 0.667. The second kappa shape index (κ2) is 8.46. The molecular formula is C27H40N2O4. The van der Waals surface area contributed by atoms with Crippen molar-refractivity contribution < 1.29 is 19.0 Å². The summed E-state index contributed by atoms with van der Waals surface area (Å²) in [6, 6.07) is 6.19. The lowest BCUT2D eigenvalue weighted by Gasteiger charge is -2.64. The molecule has 1 heterocycles. The highest BCUT2D eigenvalue weighted by Crippen LogP contribution is 2.69. The summed E-state index contributed by atoms with van der Waals surface area (Å²) in [5.41, 5.74) is 1.62. The minimum Gasteiger partial charge on any atom is -0.493 e. The van der Waals surface area contributed by atoms with Crippen molar-refractivity contribution in [3.63, 3.8) is 0 Å². The number of nitrogens with one attached hydrogen (secondary N) is 1. The van der Waals surface area contributed by atoms with E-state index in [1.54, 1.807) is 14.2 Å². The van der Waals surface area contributed by atoms with Crippen molar-refractivity contribution in [2.75, 3.05) is 47.1 Å². The van der Waals surface area contributed by atoms with Crippen LogP contribution in [0.25, 0.3) is 0 Å². The Morgan fingerprint density at radius 1 is 1.06 bits per heavy atom. The summed E-state index contributed by atoms with van der Waals surface area (Å²) in [5, 5.41) is 3.44. The highest BCUT2D eigenvalue weighted by molar-refractivity contribution is 5.83. The van der Waals surface area contributed by atoms with Crippen LogP contribution in [0.15, 0.2) is 18.2 Å². The van der Waals surface area contributed by atoms with Crippen LogP contribution >= 0.6 is 0 Å². The number of benzene rings is 1. The Morgan fingerprint density at radius 3 is 2.33 bits per heavy atom. The fourth-order valence-electron chi connectivity index (χ4n) is 8.48. The Morgan fingerprint density at radius 2 is 1.73 bits per heavy atom. The molecule has 0 aromatic heterocycles. The minimum atomic E-state index is -0.184. The van der Waals surface area contributed by atoms with Crippen molar-refractivity contribution in [2.45, 2.75) is 58.4 Å². The number of rotatable bonds is 7. The van der Waals surface area contributed by atoms with Gasteiger partial charge >= 0.3 is 0 Å². The lowest BCUT2D eigenvalue weighted by atomic mass is 9.40. The molecule has 3 atom stereocenters. The average molecular weight is 457 g/mol. The van der Waals surface area contributed by atoms with Gasteiger partial charge in [-0.05, 0) is 73.0 Å². The molecule has 3 unspecified atom stereocenters. The van der Waals surface area contributed by atoms with Gasteiger partial charge in [0.25, 0.3) is 0 Å². The average Bonchev–Trinajstić information content (AvgIpc) is 2.77. The highest BCUT2D eigenvalue weighted by Gasteiger charge is 2.62. The van der Waals surface area contributed by atoms with Gasteiger partial charge in [0.2, 0.25) is 5.91 Å². The number of amides is 1. The minimum absolute atomic E-state index is 0.0812. The largest absolute Gasteiger partial charge is 0.493 e. The van der Waals surface area contributed by atoms with Crippen molar-refractivity contribution >= 4 is 5.91 Å². The monoisotopic (exact) mass is 456 g/mol. The third-order valence-electron chi connectivity index (χ3n) is 8.84. The molecule has 1 aromatic rings. The van der Waals surface area contributed by atoms with Gasteiger partial charge in [-0.25, -0.2) is 0 Å². The van der Waals surface area contributed by atoms with Crippen LogP contribution in [0, 0.1) is 22.2 Å². The number of carbonyl (C=O) groups excluding carboxylic acids is 1. The summed E-state index contributed by atoms with van der Waals surface area (Å²) in [4.78, 5) is 16.2. The van der Waals surface area contributed by atoms with E-state index in [1.807, 2.05) is 6.07 Å². The van der Waals surface area contributed by atoms with Crippen molar-refractivity contribution in [2.24, 2.45) is 22.2 Å². The van der Waals surface area contributed by atoms with Crippen LogP contribution in [-0.2, 0) is 9.53 Å². The lowest BCUT2D eigenvalue weighted by Crippen LogP contribution is -2.60. The normalized spacial score (nSPS) is 36.4. The van der Waals surface area contributed by atoms with E-state index in [0.717, 1.165) is 62.6 Å². The van der Waals surface area contributed by atoms with Gasteiger partial charge in [-0.1, -0.05) is 19.9 Å². The van der Waals surface area contributed by atoms with Crippen LogP contribution in [0.5, 0.6) is 11.5 Å². The van der Waals surface area contributed by atoms with Gasteiger partial charge in [0.05, 0.1) is 38.9 Å². The third kappa shape index (κ3) is 4.25. The Bertz CT molecular complexity index is 878. The zero-order valence-corrected chi connectivity index (χ0v) is 20.7.